The summed E-state index contributed by atoms with van der Waals surface area (Å²) in [5, 5.41) is 0. The van der Waals surface area contributed by atoms with Crippen LogP contribution in [0.3, 0.4) is 0 Å². The Kier molecular flexibility index (Phi) is 5.89. The number of nitrogens with zero attached hydrogens (tertiary/aromatic N) is 1. The van der Waals surface area contributed by atoms with Crippen molar-refractivity contribution >= 4 is 0 Å². The summed E-state index contributed by atoms with van der Waals surface area (Å²) in [5.74, 6) is 2.92. The highest BCUT2D eigenvalue weighted by Crippen LogP contribution is 2.40. The van der Waals surface area contributed by atoms with Crippen LogP contribution in [0.4, 0.5) is 0 Å². The molecule has 3 rings (SSSR count). The second-order valence-electron chi connectivity index (χ2n) is 6.44. The lowest BCUT2D eigenvalue weighted by Crippen LogP contribution is -2.22. The van der Waals surface area contributed by atoms with E-state index in [-0.39, 0.29) is 0 Å². The summed E-state index contributed by atoms with van der Waals surface area (Å²) < 4.78 is 21.7. The van der Waals surface area contributed by atoms with Gasteiger partial charge in [0.15, 0.2) is 11.5 Å². The molecule has 5 nitrogen and oxygen atoms in total. The Bertz CT molecular complexity index is 704. The lowest BCUT2D eigenvalue weighted by atomic mass is 10.0. The number of methoxy groups -OCH3 is 4. The van der Waals surface area contributed by atoms with Gasteiger partial charge in [0.25, 0.3) is 0 Å². The molecule has 0 spiro atoms. The number of hydrogen-bond donors (Lipinski definition) is 0. The quantitative estimate of drug-likeness (QED) is 0.747. The van der Waals surface area contributed by atoms with Gasteiger partial charge in [-0.2, -0.15) is 0 Å². The third-order valence-electron chi connectivity index (χ3n) is 4.97. The molecule has 2 aromatic carbocycles. The maximum absolute atomic E-state index is 5.48. The summed E-state index contributed by atoms with van der Waals surface area (Å²) in [5.41, 5.74) is 2.48. The van der Waals surface area contributed by atoms with Gasteiger partial charge in [-0.25, -0.2) is 0 Å². The minimum Gasteiger partial charge on any atom is -0.497 e. The summed E-state index contributed by atoms with van der Waals surface area (Å²) in [6.07, 6.45) is 2.36. The molecule has 1 aliphatic rings. The number of benzene rings is 2. The van der Waals surface area contributed by atoms with Gasteiger partial charge in [-0.1, -0.05) is 12.1 Å². The van der Waals surface area contributed by atoms with Gasteiger partial charge in [-0.3, -0.25) is 4.90 Å². The molecule has 2 aromatic rings. The van der Waals surface area contributed by atoms with E-state index in [9.17, 15) is 0 Å². The molecule has 140 valence electrons. The summed E-state index contributed by atoms with van der Waals surface area (Å²) in [4.78, 5) is 2.50. The molecule has 0 amide bonds. The van der Waals surface area contributed by atoms with E-state index in [2.05, 4.69) is 17.0 Å². The third-order valence-corrected chi connectivity index (χ3v) is 4.97. The van der Waals surface area contributed by atoms with Gasteiger partial charge in [0, 0.05) is 12.6 Å². The molecular formula is C21H27NO4. The molecular weight excluding hydrogens is 330 g/mol. The van der Waals surface area contributed by atoms with Crippen molar-refractivity contribution in [2.75, 3.05) is 35.0 Å². The summed E-state index contributed by atoms with van der Waals surface area (Å²) in [7, 11) is 6.62. The molecule has 5 heteroatoms. The van der Waals surface area contributed by atoms with E-state index in [4.69, 9.17) is 18.9 Å². The Balaban J connectivity index is 1.82. The summed E-state index contributed by atoms with van der Waals surface area (Å²) in [6, 6.07) is 12.9. The van der Waals surface area contributed by atoms with Crippen LogP contribution in [0.1, 0.15) is 30.0 Å². The Hall–Kier alpha value is -2.40. The Morgan fingerprint density at radius 3 is 2.08 bits per heavy atom. The molecule has 1 atom stereocenters. The zero-order valence-electron chi connectivity index (χ0n) is 16.0. The highest BCUT2D eigenvalue weighted by molar-refractivity contribution is 5.53. The SMILES string of the molecule is COc1ccc([C@@H]2CCCN2Cc2cc(OC)c(OC)c(OC)c2)cc1. The van der Waals surface area contributed by atoms with Crippen molar-refractivity contribution < 1.29 is 18.9 Å². The van der Waals surface area contributed by atoms with Crippen LogP contribution < -0.4 is 18.9 Å². The molecule has 1 aliphatic heterocycles. The van der Waals surface area contributed by atoms with Crippen LogP contribution in [-0.2, 0) is 6.54 Å². The first-order valence-electron chi connectivity index (χ1n) is 8.87. The second-order valence-corrected chi connectivity index (χ2v) is 6.44. The monoisotopic (exact) mass is 357 g/mol. The fourth-order valence-electron chi connectivity index (χ4n) is 3.68. The van der Waals surface area contributed by atoms with Crippen LogP contribution in [0.15, 0.2) is 36.4 Å². The van der Waals surface area contributed by atoms with Crippen molar-refractivity contribution in [3.8, 4) is 23.0 Å². The van der Waals surface area contributed by atoms with Crippen molar-refractivity contribution in [1.29, 1.82) is 0 Å². The standard InChI is InChI=1S/C21H27NO4/c1-23-17-9-7-16(8-10-17)18-6-5-11-22(18)14-15-12-19(24-2)21(26-4)20(13-15)25-3/h7-10,12-13,18H,5-6,11,14H2,1-4H3/t18-/m0/s1. The Labute approximate surface area is 155 Å². The second kappa shape index (κ2) is 8.32. The first-order valence-corrected chi connectivity index (χ1v) is 8.87. The van der Waals surface area contributed by atoms with Gasteiger partial charge in [-0.05, 0) is 54.8 Å². The maximum Gasteiger partial charge on any atom is 0.203 e. The van der Waals surface area contributed by atoms with Crippen LogP contribution >= 0.6 is 0 Å². The number of ether oxygens (including phenoxy) is 4. The van der Waals surface area contributed by atoms with Gasteiger partial charge in [0.05, 0.1) is 28.4 Å². The van der Waals surface area contributed by atoms with E-state index in [0.717, 1.165) is 30.8 Å². The molecule has 0 aromatic heterocycles. The predicted molar refractivity (Wildman–Crippen MR) is 101 cm³/mol. The van der Waals surface area contributed by atoms with E-state index in [1.165, 1.54) is 12.0 Å². The minimum atomic E-state index is 0.417. The molecule has 0 unspecified atom stereocenters. The van der Waals surface area contributed by atoms with Gasteiger partial charge in [0.2, 0.25) is 5.75 Å². The molecule has 0 N–H and O–H groups in total. The van der Waals surface area contributed by atoms with Crippen molar-refractivity contribution in [1.82, 2.24) is 4.90 Å². The summed E-state index contributed by atoms with van der Waals surface area (Å²) in [6.45, 7) is 1.92. The van der Waals surface area contributed by atoms with Crippen molar-refractivity contribution in [2.24, 2.45) is 0 Å². The molecule has 0 saturated carbocycles. The number of rotatable bonds is 7. The zero-order valence-corrected chi connectivity index (χ0v) is 16.0. The normalized spacial score (nSPS) is 17.2. The Morgan fingerprint density at radius 1 is 0.885 bits per heavy atom. The van der Waals surface area contributed by atoms with E-state index >= 15 is 0 Å². The molecule has 0 bridgehead atoms. The number of hydrogen-bond acceptors (Lipinski definition) is 5. The van der Waals surface area contributed by atoms with Gasteiger partial charge in [-0.15, -0.1) is 0 Å². The summed E-state index contributed by atoms with van der Waals surface area (Å²) >= 11 is 0. The Morgan fingerprint density at radius 2 is 1.54 bits per heavy atom. The van der Waals surface area contributed by atoms with Crippen molar-refractivity contribution in [2.45, 2.75) is 25.4 Å². The predicted octanol–water partition coefficient (Wildman–Crippen LogP) is 4.06. The van der Waals surface area contributed by atoms with Crippen LogP contribution in [0.2, 0.25) is 0 Å². The molecule has 1 heterocycles. The fourth-order valence-corrected chi connectivity index (χ4v) is 3.68. The van der Waals surface area contributed by atoms with Gasteiger partial charge >= 0.3 is 0 Å². The van der Waals surface area contributed by atoms with E-state index in [1.54, 1.807) is 28.4 Å². The maximum atomic E-state index is 5.48. The molecule has 0 radical (unpaired) electrons. The lowest BCUT2D eigenvalue weighted by molar-refractivity contribution is 0.247. The van der Waals surface area contributed by atoms with E-state index in [1.807, 2.05) is 24.3 Å². The third kappa shape index (κ3) is 3.73. The van der Waals surface area contributed by atoms with Crippen LogP contribution in [0.5, 0.6) is 23.0 Å². The molecule has 26 heavy (non-hydrogen) atoms. The largest absolute Gasteiger partial charge is 0.497 e. The van der Waals surface area contributed by atoms with Gasteiger partial charge in [0.1, 0.15) is 5.75 Å². The smallest absolute Gasteiger partial charge is 0.203 e. The van der Waals surface area contributed by atoms with Crippen molar-refractivity contribution in [3.05, 3.63) is 47.5 Å². The minimum absolute atomic E-state index is 0.417. The highest BCUT2D eigenvalue weighted by atomic mass is 16.5. The van der Waals surface area contributed by atoms with E-state index < -0.39 is 0 Å². The molecule has 1 fully saturated rings. The van der Waals surface area contributed by atoms with Crippen LogP contribution in [0, 0.1) is 0 Å². The average Bonchev–Trinajstić information content (AvgIpc) is 3.15. The first-order chi connectivity index (χ1) is 12.7. The molecule has 0 aliphatic carbocycles. The van der Waals surface area contributed by atoms with E-state index in [0.29, 0.717) is 23.3 Å². The highest BCUT2D eigenvalue weighted by Gasteiger charge is 2.26. The lowest BCUT2D eigenvalue weighted by Gasteiger charge is -2.25. The fraction of sp³-hybridized carbons (Fsp3) is 0.429. The molecule has 1 saturated heterocycles. The average molecular weight is 357 g/mol. The topological polar surface area (TPSA) is 40.2 Å². The van der Waals surface area contributed by atoms with Crippen molar-refractivity contribution in [3.63, 3.8) is 0 Å². The first kappa shape index (κ1) is 18.4. The van der Waals surface area contributed by atoms with Crippen LogP contribution in [0.25, 0.3) is 0 Å². The zero-order chi connectivity index (χ0) is 18.5. The van der Waals surface area contributed by atoms with Crippen LogP contribution in [-0.4, -0.2) is 39.9 Å². The van der Waals surface area contributed by atoms with Gasteiger partial charge < -0.3 is 18.9 Å². The number of likely N-dealkylation sites (tertiary alicyclic amines) is 1.